The summed E-state index contributed by atoms with van der Waals surface area (Å²) in [5.41, 5.74) is 1.87. The number of amides is 1. The van der Waals surface area contributed by atoms with Crippen molar-refractivity contribution < 1.29 is 9.21 Å². The Morgan fingerprint density at radius 3 is 2.18 bits per heavy atom. The number of hydrogen-bond donors (Lipinski definition) is 1. The van der Waals surface area contributed by atoms with Crippen molar-refractivity contribution in [2.24, 2.45) is 0 Å². The zero-order chi connectivity index (χ0) is 19.3. The molecule has 2 aromatic carbocycles. The molecule has 0 saturated heterocycles. The normalized spacial score (nSPS) is 10.9. The molecule has 140 valence electrons. The van der Waals surface area contributed by atoms with Gasteiger partial charge in [0.2, 0.25) is 11.8 Å². The number of carbonyl (C=O) groups excluding carboxylic acids is 1. The number of thiophene rings is 1. The summed E-state index contributed by atoms with van der Waals surface area (Å²) in [7, 11) is 0. The molecular weight excluding hydrogens is 370 g/mol. The van der Waals surface area contributed by atoms with Gasteiger partial charge in [0.15, 0.2) is 0 Å². The van der Waals surface area contributed by atoms with Gasteiger partial charge in [-0.3, -0.25) is 4.79 Å². The van der Waals surface area contributed by atoms with Crippen LogP contribution < -0.4 is 5.32 Å². The van der Waals surface area contributed by atoms with Crippen molar-refractivity contribution in [2.75, 3.05) is 0 Å². The Labute approximate surface area is 167 Å². The summed E-state index contributed by atoms with van der Waals surface area (Å²) in [4.78, 5) is 15.1. The minimum absolute atomic E-state index is 0.107. The van der Waals surface area contributed by atoms with E-state index in [1.807, 2.05) is 79.7 Å². The average Bonchev–Trinajstić information content (AvgIpc) is 3.37. The lowest BCUT2D eigenvalue weighted by molar-refractivity contribution is -0.122. The lowest BCUT2D eigenvalue weighted by atomic mass is 9.90. The second-order valence-electron chi connectivity index (χ2n) is 6.38. The van der Waals surface area contributed by atoms with Crippen LogP contribution in [0.4, 0.5) is 0 Å². The third-order valence-corrected chi connectivity index (χ3v) is 5.35. The van der Waals surface area contributed by atoms with Crippen molar-refractivity contribution >= 4 is 17.2 Å². The number of rotatable bonds is 6. The van der Waals surface area contributed by atoms with E-state index in [0.29, 0.717) is 11.8 Å². The van der Waals surface area contributed by atoms with Crippen molar-refractivity contribution in [3.8, 4) is 10.8 Å². The second kappa shape index (κ2) is 8.19. The molecule has 0 fully saturated rings. The van der Waals surface area contributed by atoms with Crippen molar-refractivity contribution in [1.29, 1.82) is 0 Å². The van der Waals surface area contributed by atoms with Crippen LogP contribution in [0.15, 0.2) is 77.2 Å². The molecule has 0 aliphatic carbocycles. The highest BCUT2D eigenvalue weighted by molar-refractivity contribution is 7.15. The molecule has 0 aliphatic heterocycles. The van der Waals surface area contributed by atoms with E-state index in [1.54, 1.807) is 11.3 Å². The molecule has 2 heterocycles. The minimum Gasteiger partial charge on any atom is -0.418 e. The molecule has 0 aliphatic rings. The molecule has 2 aromatic heterocycles. The molecule has 0 atom stereocenters. The predicted octanol–water partition coefficient (Wildman–Crippen LogP) is 4.55. The van der Waals surface area contributed by atoms with E-state index in [-0.39, 0.29) is 12.5 Å². The highest BCUT2D eigenvalue weighted by Gasteiger charge is 2.23. The molecule has 0 unspecified atom stereocenters. The lowest BCUT2D eigenvalue weighted by Gasteiger charge is -2.17. The molecule has 4 rings (SSSR count). The number of aromatic nitrogens is 2. The van der Waals surface area contributed by atoms with Crippen LogP contribution in [-0.4, -0.2) is 16.1 Å². The van der Waals surface area contributed by atoms with Gasteiger partial charge in [-0.2, -0.15) is 0 Å². The lowest BCUT2D eigenvalue weighted by Crippen LogP contribution is -2.29. The maximum Gasteiger partial charge on any atom is 0.257 e. The summed E-state index contributed by atoms with van der Waals surface area (Å²) >= 11 is 1.59. The van der Waals surface area contributed by atoms with E-state index >= 15 is 0 Å². The fourth-order valence-corrected chi connectivity index (χ4v) is 3.81. The highest BCUT2D eigenvalue weighted by Crippen LogP contribution is 2.27. The van der Waals surface area contributed by atoms with Crippen LogP contribution in [0.5, 0.6) is 0 Å². The molecular formula is C22H19N3O2S. The largest absolute Gasteiger partial charge is 0.418 e. The van der Waals surface area contributed by atoms with Gasteiger partial charge in [-0.05, 0) is 30.2 Å². The van der Waals surface area contributed by atoms with Crippen LogP contribution in [0, 0.1) is 6.92 Å². The first-order valence-corrected chi connectivity index (χ1v) is 9.79. The molecule has 1 N–H and O–H groups in total. The minimum atomic E-state index is -0.398. The van der Waals surface area contributed by atoms with Crippen molar-refractivity contribution in [2.45, 2.75) is 19.4 Å². The van der Waals surface area contributed by atoms with E-state index in [9.17, 15) is 4.79 Å². The number of hydrogen-bond acceptors (Lipinski definition) is 5. The van der Waals surface area contributed by atoms with Gasteiger partial charge in [-0.25, -0.2) is 0 Å². The monoisotopic (exact) mass is 389 g/mol. The van der Waals surface area contributed by atoms with Crippen LogP contribution in [0.2, 0.25) is 0 Å². The zero-order valence-electron chi connectivity index (χ0n) is 15.3. The summed E-state index contributed by atoms with van der Waals surface area (Å²) in [6, 6.07) is 23.4. The van der Waals surface area contributed by atoms with Crippen LogP contribution >= 0.6 is 11.3 Å². The van der Waals surface area contributed by atoms with Crippen LogP contribution in [0.25, 0.3) is 10.8 Å². The predicted molar refractivity (Wildman–Crippen MR) is 109 cm³/mol. The Bertz CT molecular complexity index is 1020. The van der Waals surface area contributed by atoms with E-state index in [1.165, 1.54) is 4.88 Å². The topological polar surface area (TPSA) is 68.0 Å². The number of nitrogens with one attached hydrogen (secondary N) is 1. The second-order valence-corrected chi connectivity index (χ2v) is 7.67. The van der Waals surface area contributed by atoms with Gasteiger partial charge in [0.05, 0.1) is 17.3 Å². The Hall–Kier alpha value is -3.25. The van der Waals surface area contributed by atoms with Gasteiger partial charge in [0, 0.05) is 4.88 Å². The first kappa shape index (κ1) is 18.1. The fraction of sp³-hybridized carbons (Fsp3) is 0.136. The smallest absolute Gasteiger partial charge is 0.257 e. The van der Waals surface area contributed by atoms with Crippen molar-refractivity contribution in [1.82, 2.24) is 15.5 Å². The molecule has 28 heavy (non-hydrogen) atoms. The van der Waals surface area contributed by atoms with Crippen molar-refractivity contribution in [3.05, 3.63) is 94.7 Å². The first-order chi connectivity index (χ1) is 13.7. The van der Waals surface area contributed by atoms with E-state index < -0.39 is 5.92 Å². The van der Waals surface area contributed by atoms with Gasteiger partial charge in [-0.1, -0.05) is 60.7 Å². The van der Waals surface area contributed by atoms with Gasteiger partial charge in [0.25, 0.3) is 5.89 Å². The van der Waals surface area contributed by atoms with Crippen LogP contribution in [0.1, 0.15) is 27.8 Å². The summed E-state index contributed by atoms with van der Waals surface area (Å²) < 4.78 is 5.70. The molecule has 5 nitrogen and oxygen atoms in total. The zero-order valence-corrected chi connectivity index (χ0v) is 16.1. The maximum absolute atomic E-state index is 13.0. The summed E-state index contributed by atoms with van der Waals surface area (Å²) in [5, 5.41) is 11.1. The maximum atomic E-state index is 13.0. The van der Waals surface area contributed by atoms with Crippen LogP contribution in [0.3, 0.4) is 0 Å². The number of benzene rings is 2. The molecule has 4 aromatic rings. The number of carbonyl (C=O) groups is 1. The molecule has 0 bridgehead atoms. The van der Waals surface area contributed by atoms with Gasteiger partial charge in [-0.15, -0.1) is 21.5 Å². The summed E-state index contributed by atoms with van der Waals surface area (Å²) in [5.74, 6) is 0.355. The highest BCUT2D eigenvalue weighted by atomic mass is 32.1. The molecule has 0 radical (unpaired) electrons. The van der Waals surface area contributed by atoms with E-state index in [4.69, 9.17) is 4.42 Å². The third kappa shape index (κ3) is 4.02. The van der Waals surface area contributed by atoms with Gasteiger partial charge < -0.3 is 9.73 Å². The quantitative estimate of drug-likeness (QED) is 0.525. The van der Waals surface area contributed by atoms with Gasteiger partial charge >= 0.3 is 0 Å². The number of aryl methyl sites for hydroxylation is 1. The Balaban J connectivity index is 1.50. The molecule has 1 amide bonds. The summed E-state index contributed by atoms with van der Waals surface area (Å²) in [6.45, 7) is 2.21. The van der Waals surface area contributed by atoms with Crippen LogP contribution in [-0.2, 0) is 11.3 Å². The average molecular weight is 389 g/mol. The first-order valence-electron chi connectivity index (χ1n) is 8.97. The Morgan fingerprint density at radius 2 is 1.61 bits per heavy atom. The standard InChI is InChI=1S/C22H19N3O2S/c1-15-12-13-18(28-15)22-25-24-19(27-22)14-23-21(26)20(16-8-4-2-5-9-16)17-10-6-3-7-11-17/h2-13,20H,14H2,1H3,(H,23,26). The molecule has 6 heteroatoms. The van der Waals surface area contributed by atoms with E-state index in [0.717, 1.165) is 16.0 Å². The fourth-order valence-electron chi connectivity index (χ4n) is 3.03. The van der Waals surface area contributed by atoms with E-state index in [2.05, 4.69) is 15.5 Å². The SMILES string of the molecule is Cc1ccc(-c2nnc(CNC(=O)C(c3ccccc3)c3ccccc3)o2)s1. The Morgan fingerprint density at radius 1 is 0.964 bits per heavy atom. The molecule has 0 saturated carbocycles. The molecule has 0 spiro atoms. The third-order valence-electron chi connectivity index (χ3n) is 4.36. The number of nitrogens with zero attached hydrogens (tertiary/aromatic N) is 2. The summed E-state index contributed by atoms with van der Waals surface area (Å²) in [6.07, 6.45) is 0. The van der Waals surface area contributed by atoms with Gasteiger partial charge in [0.1, 0.15) is 0 Å². The van der Waals surface area contributed by atoms with Crippen molar-refractivity contribution in [3.63, 3.8) is 0 Å². The Kier molecular flexibility index (Phi) is 5.30.